The fourth-order valence-corrected chi connectivity index (χ4v) is 2.34. The molecule has 0 saturated heterocycles. The van der Waals surface area contributed by atoms with E-state index in [0.29, 0.717) is 17.9 Å². The number of ether oxygens (including phenoxy) is 1. The number of rotatable bonds is 4. The van der Waals surface area contributed by atoms with Crippen LogP contribution in [0.5, 0.6) is 0 Å². The summed E-state index contributed by atoms with van der Waals surface area (Å²) in [5.41, 5.74) is 0.235. The highest BCUT2D eigenvalue weighted by Crippen LogP contribution is 2.35. The van der Waals surface area contributed by atoms with Crippen molar-refractivity contribution in [2.45, 2.75) is 64.9 Å². The van der Waals surface area contributed by atoms with E-state index in [-0.39, 0.29) is 11.6 Å². The summed E-state index contributed by atoms with van der Waals surface area (Å²) in [5, 5.41) is 0. The largest absolute Gasteiger partial charge is 0.456 e. The molecule has 0 heterocycles. The minimum absolute atomic E-state index is 0.224. The molecule has 2 nitrogen and oxygen atoms in total. The van der Waals surface area contributed by atoms with Gasteiger partial charge in [-0.25, -0.2) is 4.79 Å². The van der Waals surface area contributed by atoms with Crippen LogP contribution in [0.4, 0.5) is 0 Å². The van der Waals surface area contributed by atoms with Crippen molar-refractivity contribution in [3.63, 3.8) is 0 Å². The summed E-state index contributed by atoms with van der Waals surface area (Å²) in [5.74, 6) is 0.285. The van der Waals surface area contributed by atoms with Crippen LogP contribution in [0.3, 0.4) is 0 Å². The van der Waals surface area contributed by atoms with Crippen LogP contribution in [0.25, 0.3) is 0 Å². The monoisotopic (exact) mass is 224 g/mol. The second-order valence-electron chi connectivity index (χ2n) is 5.29. The lowest BCUT2D eigenvalue weighted by Gasteiger charge is -2.36. The second-order valence-corrected chi connectivity index (χ2v) is 5.29. The van der Waals surface area contributed by atoms with Gasteiger partial charge in [0.15, 0.2) is 0 Å². The minimum Gasteiger partial charge on any atom is -0.456 e. The van der Waals surface area contributed by atoms with Crippen molar-refractivity contribution in [1.82, 2.24) is 0 Å². The SMILES string of the molecule is C=C(CC)C(=O)OC(C)(C)C1CCCCC1. The molecule has 16 heavy (non-hydrogen) atoms. The highest BCUT2D eigenvalue weighted by Gasteiger charge is 2.34. The number of esters is 1. The van der Waals surface area contributed by atoms with Gasteiger partial charge >= 0.3 is 5.97 Å². The first-order chi connectivity index (χ1) is 7.47. The Bertz CT molecular complexity index is 260. The topological polar surface area (TPSA) is 26.3 Å². The van der Waals surface area contributed by atoms with Gasteiger partial charge in [-0.05, 0) is 39.0 Å². The Balaban J connectivity index is 2.55. The molecule has 0 radical (unpaired) electrons. The molecule has 2 heteroatoms. The predicted octanol–water partition coefficient (Wildman–Crippen LogP) is 3.85. The molecule has 1 aliphatic rings. The maximum atomic E-state index is 11.7. The molecule has 92 valence electrons. The zero-order valence-corrected chi connectivity index (χ0v) is 10.8. The number of hydrogen-bond acceptors (Lipinski definition) is 2. The van der Waals surface area contributed by atoms with E-state index < -0.39 is 0 Å². The fraction of sp³-hybridized carbons (Fsp3) is 0.786. The molecule has 0 atom stereocenters. The maximum Gasteiger partial charge on any atom is 0.333 e. The van der Waals surface area contributed by atoms with E-state index in [1.54, 1.807) is 0 Å². The van der Waals surface area contributed by atoms with E-state index in [0.717, 1.165) is 0 Å². The van der Waals surface area contributed by atoms with Gasteiger partial charge in [0.25, 0.3) is 0 Å². The summed E-state index contributed by atoms with van der Waals surface area (Å²) >= 11 is 0. The lowest BCUT2D eigenvalue weighted by atomic mass is 9.79. The summed E-state index contributed by atoms with van der Waals surface area (Å²) in [4.78, 5) is 11.7. The van der Waals surface area contributed by atoms with Gasteiger partial charge in [0.2, 0.25) is 0 Å². The van der Waals surface area contributed by atoms with Crippen LogP contribution < -0.4 is 0 Å². The number of carbonyl (C=O) groups excluding carboxylic acids is 1. The normalized spacial score (nSPS) is 18.2. The molecule has 0 spiro atoms. The highest BCUT2D eigenvalue weighted by atomic mass is 16.6. The van der Waals surface area contributed by atoms with E-state index in [1.165, 1.54) is 32.1 Å². The van der Waals surface area contributed by atoms with Gasteiger partial charge in [0, 0.05) is 5.57 Å². The summed E-state index contributed by atoms with van der Waals surface area (Å²) in [6.45, 7) is 9.72. The van der Waals surface area contributed by atoms with E-state index in [2.05, 4.69) is 6.58 Å². The molecule has 0 unspecified atom stereocenters. The molecular weight excluding hydrogens is 200 g/mol. The van der Waals surface area contributed by atoms with Crippen LogP contribution in [-0.4, -0.2) is 11.6 Å². The van der Waals surface area contributed by atoms with Gasteiger partial charge < -0.3 is 4.74 Å². The van der Waals surface area contributed by atoms with Gasteiger partial charge in [0.05, 0.1) is 0 Å². The summed E-state index contributed by atoms with van der Waals surface area (Å²) in [7, 11) is 0. The maximum absolute atomic E-state index is 11.7. The Morgan fingerprint density at radius 1 is 1.31 bits per heavy atom. The van der Waals surface area contributed by atoms with Crippen LogP contribution in [0.15, 0.2) is 12.2 Å². The zero-order valence-electron chi connectivity index (χ0n) is 10.8. The lowest BCUT2D eigenvalue weighted by molar-refractivity contribution is -0.158. The zero-order chi connectivity index (χ0) is 12.2. The average molecular weight is 224 g/mol. The lowest BCUT2D eigenvalue weighted by Crippen LogP contribution is -2.38. The Labute approximate surface area is 99.1 Å². The average Bonchev–Trinajstić information content (AvgIpc) is 2.28. The number of hydrogen-bond donors (Lipinski definition) is 0. The molecule has 1 aliphatic carbocycles. The van der Waals surface area contributed by atoms with Crippen LogP contribution in [0, 0.1) is 5.92 Å². The van der Waals surface area contributed by atoms with Crippen molar-refractivity contribution >= 4 is 5.97 Å². The molecule has 1 saturated carbocycles. The molecule has 1 rings (SSSR count). The van der Waals surface area contributed by atoms with Crippen molar-refractivity contribution in [3.8, 4) is 0 Å². The fourth-order valence-electron chi connectivity index (χ4n) is 2.34. The summed E-state index contributed by atoms with van der Waals surface area (Å²) < 4.78 is 5.59. The third-order valence-corrected chi connectivity index (χ3v) is 3.66. The highest BCUT2D eigenvalue weighted by molar-refractivity contribution is 5.87. The first-order valence-electron chi connectivity index (χ1n) is 6.38. The second kappa shape index (κ2) is 5.51. The molecule has 0 amide bonds. The van der Waals surface area contributed by atoms with Crippen molar-refractivity contribution in [2.75, 3.05) is 0 Å². The van der Waals surface area contributed by atoms with Crippen molar-refractivity contribution in [1.29, 1.82) is 0 Å². The van der Waals surface area contributed by atoms with Crippen LogP contribution in [-0.2, 0) is 9.53 Å². The Morgan fingerprint density at radius 3 is 2.38 bits per heavy atom. The molecule has 0 aromatic carbocycles. The quantitative estimate of drug-likeness (QED) is 0.535. The van der Waals surface area contributed by atoms with E-state index in [1.807, 2.05) is 20.8 Å². The Morgan fingerprint density at radius 2 is 1.88 bits per heavy atom. The molecule has 1 fully saturated rings. The van der Waals surface area contributed by atoms with Gasteiger partial charge in [-0.2, -0.15) is 0 Å². The molecule has 0 N–H and O–H groups in total. The van der Waals surface area contributed by atoms with Crippen LogP contribution in [0.1, 0.15) is 59.3 Å². The number of carbonyl (C=O) groups is 1. The van der Waals surface area contributed by atoms with Crippen molar-refractivity contribution in [3.05, 3.63) is 12.2 Å². The first-order valence-corrected chi connectivity index (χ1v) is 6.38. The molecular formula is C14H24O2. The molecule has 0 bridgehead atoms. The standard InChI is InChI=1S/C14H24O2/c1-5-11(2)13(15)16-14(3,4)12-9-7-6-8-10-12/h12H,2,5-10H2,1,3-4H3. The Hall–Kier alpha value is -0.790. The van der Waals surface area contributed by atoms with Crippen LogP contribution >= 0.6 is 0 Å². The molecule has 0 aromatic heterocycles. The van der Waals surface area contributed by atoms with Crippen molar-refractivity contribution < 1.29 is 9.53 Å². The van der Waals surface area contributed by atoms with E-state index in [4.69, 9.17) is 4.74 Å². The van der Waals surface area contributed by atoms with E-state index in [9.17, 15) is 4.79 Å². The van der Waals surface area contributed by atoms with Gasteiger partial charge in [-0.15, -0.1) is 0 Å². The summed E-state index contributed by atoms with van der Waals surface area (Å²) in [6, 6.07) is 0. The third kappa shape index (κ3) is 3.36. The first kappa shape index (κ1) is 13.3. The smallest absolute Gasteiger partial charge is 0.333 e. The summed E-state index contributed by atoms with van der Waals surface area (Å²) in [6.07, 6.45) is 6.88. The third-order valence-electron chi connectivity index (χ3n) is 3.66. The van der Waals surface area contributed by atoms with Gasteiger partial charge in [0.1, 0.15) is 5.60 Å². The van der Waals surface area contributed by atoms with Gasteiger partial charge in [-0.3, -0.25) is 0 Å². The minimum atomic E-state index is -0.338. The van der Waals surface area contributed by atoms with Gasteiger partial charge in [-0.1, -0.05) is 32.8 Å². The van der Waals surface area contributed by atoms with Crippen molar-refractivity contribution in [2.24, 2.45) is 5.92 Å². The van der Waals surface area contributed by atoms with Crippen LogP contribution in [0.2, 0.25) is 0 Å². The van der Waals surface area contributed by atoms with E-state index >= 15 is 0 Å². The molecule has 0 aliphatic heterocycles. The predicted molar refractivity (Wildman–Crippen MR) is 66.2 cm³/mol. The molecule has 0 aromatic rings. The Kier molecular flexibility index (Phi) is 4.57.